The van der Waals surface area contributed by atoms with Crippen LogP contribution in [0.15, 0.2) is 30.6 Å². The Bertz CT molecular complexity index is 1110. The average Bonchev–Trinajstić information content (AvgIpc) is 3.21. The SMILES string of the molecule is C[C@@H]1C[C@@H](O)c2ncnc(N3CCN(C(C(C=O)c4ccc(Cl)cc4)N4CC[C@@H](N(C)C)[C@@H](F)C4)CC3)c21. The predicted molar refractivity (Wildman–Crippen MR) is 146 cm³/mol. The van der Waals surface area contributed by atoms with Crippen molar-refractivity contribution < 1.29 is 14.3 Å². The molecule has 0 radical (unpaired) electrons. The molecule has 206 valence electrons. The smallest absolute Gasteiger partial charge is 0.135 e. The van der Waals surface area contributed by atoms with E-state index in [0.717, 1.165) is 48.6 Å². The van der Waals surface area contributed by atoms with Gasteiger partial charge in [0.2, 0.25) is 0 Å². The Morgan fingerprint density at radius 1 is 1.11 bits per heavy atom. The van der Waals surface area contributed by atoms with E-state index in [4.69, 9.17) is 11.6 Å². The number of fused-ring (bicyclic) bond motifs is 1. The van der Waals surface area contributed by atoms with Crippen LogP contribution in [0.25, 0.3) is 0 Å². The van der Waals surface area contributed by atoms with E-state index in [2.05, 4.69) is 31.6 Å². The minimum absolute atomic E-state index is 0.119. The summed E-state index contributed by atoms with van der Waals surface area (Å²) in [4.78, 5) is 30.3. The standard InChI is InChI=1S/C28H38ClFN6O2/c1-18-14-24(38)26-25(18)27(32-17-31-26)34-10-12-35(13-11-34)28(21(16-37)19-4-6-20(29)7-5-19)36-9-8-23(33(2)3)22(30)15-36/h4-7,16-18,21-24,28,38H,8-15H2,1-3H3/t18-,21?,22+,23-,24-,28?/m1/s1. The molecule has 3 aliphatic rings. The second-order valence-corrected chi connectivity index (χ2v) is 11.6. The summed E-state index contributed by atoms with van der Waals surface area (Å²) in [5.74, 6) is 0.668. The van der Waals surface area contributed by atoms with Gasteiger partial charge in [-0.1, -0.05) is 30.7 Å². The van der Waals surface area contributed by atoms with E-state index in [-0.39, 0.29) is 18.1 Å². The van der Waals surface area contributed by atoms with Gasteiger partial charge in [0.1, 0.15) is 24.6 Å². The quantitative estimate of drug-likeness (QED) is 0.533. The number of piperidine rings is 1. The highest BCUT2D eigenvalue weighted by Gasteiger charge is 2.41. The number of aliphatic hydroxyl groups is 1. The molecule has 38 heavy (non-hydrogen) atoms. The van der Waals surface area contributed by atoms with Gasteiger partial charge in [0.15, 0.2) is 0 Å². The Kier molecular flexibility index (Phi) is 8.30. The van der Waals surface area contributed by atoms with Crippen molar-refractivity contribution in [2.45, 2.75) is 56.1 Å². The molecule has 2 saturated heterocycles. The van der Waals surface area contributed by atoms with Crippen molar-refractivity contribution in [3.63, 3.8) is 0 Å². The fourth-order valence-electron chi connectivity index (χ4n) is 6.58. The molecule has 3 heterocycles. The zero-order valence-electron chi connectivity index (χ0n) is 22.4. The first kappa shape index (κ1) is 27.4. The van der Waals surface area contributed by atoms with Gasteiger partial charge >= 0.3 is 0 Å². The van der Waals surface area contributed by atoms with Gasteiger partial charge in [-0.05, 0) is 50.6 Å². The maximum absolute atomic E-state index is 15.3. The molecule has 1 aliphatic carbocycles. The summed E-state index contributed by atoms with van der Waals surface area (Å²) >= 11 is 6.14. The highest BCUT2D eigenvalue weighted by molar-refractivity contribution is 6.30. The Labute approximate surface area is 229 Å². The number of benzene rings is 1. The molecule has 5 rings (SSSR count). The van der Waals surface area contributed by atoms with Crippen LogP contribution in [0.5, 0.6) is 0 Å². The molecule has 0 spiro atoms. The van der Waals surface area contributed by atoms with E-state index in [1.165, 1.54) is 0 Å². The number of alkyl halides is 1. The maximum atomic E-state index is 15.3. The van der Waals surface area contributed by atoms with Crippen LogP contribution < -0.4 is 4.90 Å². The van der Waals surface area contributed by atoms with Crippen molar-refractivity contribution in [3.05, 3.63) is 52.4 Å². The summed E-state index contributed by atoms with van der Waals surface area (Å²) in [5.41, 5.74) is 2.67. The number of piperazine rings is 1. The maximum Gasteiger partial charge on any atom is 0.135 e. The van der Waals surface area contributed by atoms with E-state index >= 15 is 4.39 Å². The van der Waals surface area contributed by atoms with Gasteiger partial charge in [-0.15, -0.1) is 0 Å². The van der Waals surface area contributed by atoms with Crippen molar-refractivity contribution in [1.29, 1.82) is 0 Å². The third kappa shape index (κ3) is 5.31. The number of carbonyl (C=O) groups excluding carboxylic acids is 1. The number of nitrogens with zero attached hydrogens (tertiary/aromatic N) is 6. The lowest BCUT2D eigenvalue weighted by molar-refractivity contribution is -0.114. The first-order chi connectivity index (χ1) is 18.3. The van der Waals surface area contributed by atoms with Crippen LogP contribution in [-0.4, -0.2) is 108 Å². The molecule has 0 bridgehead atoms. The van der Waals surface area contributed by atoms with Crippen LogP contribution in [0.1, 0.15) is 54.5 Å². The third-order valence-electron chi connectivity index (χ3n) is 8.57. The molecule has 1 aromatic carbocycles. The van der Waals surface area contributed by atoms with Gasteiger partial charge in [0.25, 0.3) is 0 Å². The minimum atomic E-state index is -0.989. The Morgan fingerprint density at radius 3 is 2.45 bits per heavy atom. The van der Waals surface area contributed by atoms with E-state index in [9.17, 15) is 9.90 Å². The predicted octanol–water partition coefficient (Wildman–Crippen LogP) is 3.08. The van der Waals surface area contributed by atoms with Crippen molar-refractivity contribution in [1.82, 2.24) is 24.7 Å². The third-order valence-corrected chi connectivity index (χ3v) is 8.82. The first-order valence-corrected chi connectivity index (χ1v) is 13.9. The van der Waals surface area contributed by atoms with Gasteiger partial charge in [0.05, 0.1) is 23.9 Å². The van der Waals surface area contributed by atoms with Crippen LogP contribution in [0.4, 0.5) is 10.2 Å². The van der Waals surface area contributed by atoms with Crippen molar-refractivity contribution in [2.24, 2.45) is 0 Å². The molecule has 6 atom stereocenters. The van der Waals surface area contributed by atoms with E-state index in [1.807, 2.05) is 43.3 Å². The number of hydrogen-bond donors (Lipinski definition) is 1. The monoisotopic (exact) mass is 544 g/mol. The number of aliphatic hydroxyl groups excluding tert-OH is 1. The molecule has 0 amide bonds. The Balaban J connectivity index is 1.39. The van der Waals surface area contributed by atoms with Crippen molar-refractivity contribution >= 4 is 23.7 Å². The lowest BCUT2D eigenvalue weighted by Crippen LogP contribution is -2.62. The fraction of sp³-hybridized carbons (Fsp3) is 0.607. The topological polar surface area (TPSA) is 76.0 Å². The first-order valence-electron chi connectivity index (χ1n) is 13.6. The number of rotatable bonds is 7. The molecule has 2 aromatic rings. The molecule has 2 fully saturated rings. The zero-order chi connectivity index (χ0) is 27.0. The van der Waals surface area contributed by atoms with E-state index in [1.54, 1.807) is 6.33 Å². The van der Waals surface area contributed by atoms with Crippen LogP contribution in [0.2, 0.25) is 5.02 Å². The molecule has 0 saturated carbocycles. The van der Waals surface area contributed by atoms with Gasteiger partial charge < -0.3 is 19.7 Å². The lowest BCUT2D eigenvalue weighted by atomic mass is 9.92. The van der Waals surface area contributed by atoms with Gasteiger partial charge in [-0.25, -0.2) is 14.4 Å². The number of carbonyl (C=O) groups is 1. The van der Waals surface area contributed by atoms with Gasteiger partial charge in [-0.2, -0.15) is 0 Å². The number of aromatic nitrogens is 2. The largest absolute Gasteiger partial charge is 0.387 e. The van der Waals surface area contributed by atoms with Gasteiger partial charge in [-0.3, -0.25) is 9.80 Å². The minimum Gasteiger partial charge on any atom is -0.387 e. The molecule has 2 unspecified atom stereocenters. The summed E-state index contributed by atoms with van der Waals surface area (Å²) in [6.45, 7) is 6.00. The van der Waals surface area contributed by atoms with Crippen LogP contribution in [0, 0.1) is 0 Å². The number of hydrogen-bond acceptors (Lipinski definition) is 8. The highest BCUT2D eigenvalue weighted by Crippen LogP contribution is 2.43. The molecule has 8 nitrogen and oxygen atoms in total. The second-order valence-electron chi connectivity index (χ2n) is 11.1. The molecular formula is C28H38ClFN6O2. The Hall–Kier alpha value is -2.17. The average molecular weight is 545 g/mol. The lowest BCUT2D eigenvalue weighted by Gasteiger charge is -2.49. The second kappa shape index (κ2) is 11.5. The summed E-state index contributed by atoms with van der Waals surface area (Å²) in [6.07, 6.45) is 2.14. The molecule has 2 aliphatic heterocycles. The normalized spacial score (nSPS) is 28.3. The van der Waals surface area contributed by atoms with Crippen LogP contribution >= 0.6 is 11.6 Å². The Morgan fingerprint density at radius 2 is 1.82 bits per heavy atom. The molecule has 1 N–H and O–H groups in total. The summed E-state index contributed by atoms with van der Waals surface area (Å²) in [7, 11) is 3.85. The molecular weight excluding hydrogens is 507 g/mol. The van der Waals surface area contributed by atoms with Crippen LogP contribution in [0.3, 0.4) is 0 Å². The fourth-order valence-corrected chi connectivity index (χ4v) is 6.71. The number of halogens is 2. The van der Waals surface area contributed by atoms with Crippen molar-refractivity contribution in [3.8, 4) is 0 Å². The highest BCUT2D eigenvalue weighted by atomic mass is 35.5. The molecule has 1 aromatic heterocycles. The van der Waals surface area contributed by atoms with E-state index in [0.29, 0.717) is 37.5 Å². The summed E-state index contributed by atoms with van der Waals surface area (Å²) in [6, 6.07) is 7.31. The van der Waals surface area contributed by atoms with Gasteiger partial charge in [0, 0.05) is 55.9 Å². The summed E-state index contributed by atoms with van der Waals surface area (Å²) in [5, 5.41) is 11.0. The zero-order valence-corrected chi connectivity index (χ0v) is 23.1. The van der Waals surface area contributed by atoms with E-state index < -0.39 is 18.2 Å². The number of anilines is 1. The molecule has 10 heteroatoms. The van der Waals surface area contributed by atoms with Crippen LogP contribution in [-0.2, 0) is 4.79 Å². The van der Waals surface area contributed by atoms with Crippen molar-refractivity contribution in [2.75, 3.05) is 58.3 Å². The number of aldehydes is 1. The number of likely N-dealkylation sites (tertiary alicyclic amines) is 1. The summed E-state index contributed by atoms with van der Waals surface area (Å²) < 4.78 is 15.3.